The Balaban J connectivity index is 1.47. The van der Waals surface area contributed by atoms with Crippen molar-refractivity contribution >= 4 is 0 Å². The molecular weight excluding hydrogens is 400 g/mol. The average molecular weight is 435 g/mol. The Morgan fingerprint density at radius 1 is 0.900 bits per heavy atom. The predicted octanol–water partition coefficient (Wildman–Crippen LogP) is 4.24. The second-order valence-corrected chi connectivity index (χ2v) is 8.20. The van der Waals surface area contributed by atoms with E-state index in [1.54, 1.807) is 0 Å². The van der Waals surface area contributed by atoms with Gasteiger partial charge in [0.25, 0.3) is 0 Å². The third-order valence-corrected chi connectivity index (χ3v) is 5.84. The molecule has 2 rings (SSSR count). The molecule has 0 aromatic heterocycles. The zero-order valence-electron chi connectivity index (χ0n) is 17.7. The fraction of sp³-hybridized carbons (Fsp3) is 0.727. The summed E-state index contributed by atoms with van der Waals surface area (Å²) in [4.78, 5) is 0. The second kappa shape index (κ2) is 12.6. The molecule has 1 aliphatic heterocycles. The van der Waals surface area contributed by atoms with Crippen molar-refractivity contribution in [1.82, 2.24) is 5.32 Å². The molecule has 0 unspecified atom stereocenters. The summed E-state index contributed by atoms with van der Waals surface area (Å²) in [6.45, 7) is 1.48. The van der Waals surface area contributed by atoms with Crippen LogP contribution in [0.4, 0.5) is 17.6 Å². The van der Waals surface area contributed by atoms with Crippen LogP contribution in [0.5, 0.6) is 0 Å². The number of hydrogen-bond donors (Lipinski definition) is 3. The first kappa shape index (κ1) is 25.0. The maximum atomic E-state index is 13.7. The van der Waals surface area contributed by atoms with Crippen LogP contribution in [-0.2, 0) is 11.3 Å². The first-order valence-corrected chi connectivity index (χ1v) is 10.9. The monoisotopic (exact) mass is 434 g/mol. The Kier molecular flexibility index (Phi) is 10.5. The van der Waals surface area contributed by atoms with Crippen LogP contribution >= 0.6 is 0 Å². The highest BCUT2D eigenvalue weighted by molar-refractivity contribution is 5.28. The van der Waals surface area contributed by atoms with Crippen molar-refractivity contribution in [3.8, 4) is 0 Å². The Bertz CT molecular complexity index is 646. The summed E-state index contributed by atoms with van der Waals surface area (Å²) in [6, 6.07) is -0.0360. The molecule has 172 valence electrons. The van der Waals surface area contributed by atoms with E-state index in [1.807, 2.05) is 0 Å². The van der Waals surface area contributed by atoms with Gasteiger partial charge in [-0.3, -0.25) is 0 Å². The van der Waals surface area contributed by atoms with Gasteiger partial charge in [-0.25, -0.2) is 17.6 Å². The SMILES string of the molecule is Cc1c(F)c(F)c(COCCCCCCCCCC[C@H]2NC[C@H](N)[C@@H]2O)c(F)c1F. The fourth-order valence-corrected chi connectivity index (χ4v) is 3.82. The van der Waals surface area contributed by atoms with E-state index in [0.29, 0.717) is 6.54 Å². The molecule has 0 spiro atoms. The van der Waals surface area contributed by atoms with Crippen molar-refractivity contribution in [2.24, 2.45) is 5.73 Å². The number of unbranched alkanes of at least 4 members (excludes halogenated alkanes) is 7. The third kappa shape index (κ3) is 6.90. The number of aliphatic hydroxyl groups is 1. The summed E-state index contributed by atoms with van der Waals surface area (Å²) in [6.07, 6.45) is 8.79. The van der Waals surface area contributed by atoms with Gasteiger partial charge >= 0.3 is 0 Å². The first-order valence-electron chi connectivity index (χ1n) is 10.9. The summed E-state index contributed by atoms with van der Waals surface area (Å²) < 4.78 is 59.7. The summed E-state index contributed by atoms with van der Waals surface area (Å²) in [5.41, 5.74) is 4.41. The molecule has 30 heavy (non-hydrogen) atoms. The number of hydrogen-bond acceptors (Lipinski definition) is 4. The van der Waals surface area contributed by atoms with E-state index < -0.39 is 47.1 Å². The van der Waals surface area contributed by atoms with Gasteiger partial charge in [0.05, 0.1) is 18.3 Å². The van der Waals surface area contributed by atoms with E-state index in [-0.39, 0.29) is 18.7 Å². The maximum Gasteiger partial charge on any atom is 0.167 e. The highest BCUT2D eigenvalue weighted by Crippen LogP contribution is 2.24. The van der Waals surface area contributed by atoms with Crippen LogP contribution in [0.3, 0.4) is 0 Å². The number of aliphatic hydroxyl groups excluding tert-OH is 1. The number of ether oxygens (including phenoxy) is 1. The van der Waals surface area contributed by atoms with Crippen LogP contribution in [0.15, 0.2) is 0 Å². The second-order valence-electron chi connectivity index (χ2n) is 8.20. The van der Waals surface area contributed by atoms with E-state index in [0.717, 1.165) is 64.7 Å². The van der Waals surface area contributed by atoms with E-state index in [9.17, 15) is 22.7 Å². The van der Waals surface area contributed by atoms with Crippen molar-refractivity contribution in [2.75, 3.05) is 13.2 Å². The van der Waals surface area contributed by atoms with Gasteiger partial charge in [-0.1, -0.05) is 44.9 Å². The minimum Gasteiger partial charge on any atom is -0.390 e. The fourth-order valence-electron chi connectivity index (χ4n) is 3.82. The third-order valence-electron chi connectivity index (χ3n) is 5.84. The van der Waals surface area contributed by atoms with E-state index in [1.165, 1.54) is 0 Å². The molecule has 8 heteroatoms. The number of benzene rings is 1. The van der Waals surface area contributed by atoms with Gasteiger partial charge in [-0.05, 0) is 19.8 Å². The van der Waals surface area contributed by atoms with Gasteiger partial charge in [-0.2, -0.15) is 0 Å². The molecule has 0 saturated carbocycles. The Morgan fingerprint density at radius 3 is 1.97 bits per heavy atom. The summed E-state index contributed by atoms with van der Waals surface area (Å²) in [7, 11) is 0. The quantitative estimate of drug-likeness (QED) is 0.247. The molecule has 3 atom stereocenters. The highest BCUT2D eigenvalue weighted by Gasteiger charge is 2.30. The molecule has 1 fully saturated rings. The molecule has 0 amide bonds. The molecule has 4 N–H and O–H groups in total. The molecular formula is C22H34F4N2O2. The van der Waals surface area contributed by atoms with Gasteiger partial charge in [0.1, 0.15) is 0 Å². The lowest BCUT2D eigenvalue weighted by Crippen LogP contribution is -2.37. The van der Waals surface area contributed by atoms with Crippen molar-refractivity contribution in [2.45, 2.75) is 89.5 Å². The molecule has 1 aromatic rings. The maximum absolute atomic E-state index is 13.7. The smallest absolute Gasteiger partial charge is 0.167 e. The number of halogens is 4. The van der Waals surface area contributed by atoms with Gasteiger partial charge in [0.2, 0.25) is 0 Å². The highest BCUT2D eigenvalue weighted by atomic mass is 19.2. The zero-order valence-corrected chi connectivity index (χ0v) is 17.7. The lowest BCUT2D eigenvalue weighted by molar-refractivity contribution is 0.110. The molecule has 0 bridgehead atoms. The topological polar surface area (TPSA) is 67.5 Å². The molecule has 0 radical (unpaired) electrons. The predicted molar refractivity (Wildman–Crippen MR) is 108 cm³/mol. The zero-order chi connectivity index (χ0) is 22.1. The summed E-state index contributed by atoms with van der Waals surface area (Å²) >= 11 is 0. The van der Waals surface area contributed by atoms with Gasteiger partial charge < -0.3 is 20.9 Å². The molecule has 1 aliphatic rings. The Morgan fingerprint density at radius 2 is 1.43 bits per heavy atom. The average Bonchev–Trinajstić information content (AvgIpc) is 3.05. The largest absolute Gasteiger partial charge is 0.390 e. The minimum absolute atomic E-state index is 0.120. The van der Waals surface area contributed by atoms with Crippen molar-refractivity contribution in [1.29, 1.82) is 0 Å². The summed E-state index contributed by atoms with van der Waals surface area (Å²) in [5, 5.41) is 13.1. The van der Waals surface area contributed by atoms with Crippen LogP contribution in [0.25, 0.3) is 0 Å². The van der Waals surface area contributed by atoms with Crippen molar-refractivity contribution in [3.63, 3.8) is 0 Å². The van der Waals surface area contributed by atoms with Crippen molar-refractivity contribution in [3.05, 3.63) is 34.4 Å². The number of nitrogens with two attached hydrogens (primary N) is 1. The van der Waals surface area contributed by atoms with Crippen LogP contribution in [0.2, 0.25) is 0 Å². The van der Waals surface area contributed by atoms with E-state index >= 15 is 0 Å². The lowest BCUT2D eigenvalue weighted by atomic mass is 10.0. The van der Waals surface area contributed by atoms with E-state index in [4.69, 9.17) is 10.5 Å². The van der Waals surface area contributed by atoms with Crippen molar-refractivity contribution < 1.29 is 27.4 Å². The van der Waals surface area contributed by atoms with Gasteiger partial charge in [0, 0.05) is 30.8 Å². The Labute approximate surface area is 176 Å². The number of nitrogens with one attached hydrogen (secondary N) is 1. The lowest BCUT2D eigenvalue weighted by Gasteiger charge is -2.16. The normalized spacial score (nSPS) is 21.5. The molecule has 1 heterocycles. The van der Waals surface area contributed by atoms with Crippen LogP contribution in [-0.4, -0.2) is 36.4 Å². The van der Waals surface area contributed by atoms with E-state index in [2.05, 4.69) is 5.32 Å². The van der Waals surface area contributed by atoms with Gasteiger partial charge in [-0.15, -0.1) is 0 Å². The molecule has 1 aromatic carbocycles. The molecule has 0 aliphatic carbocycles. The summed E-state index contributed by atoms with van der Waals surface area (Å²) in [5.74, 6) is -5.50. The molecule has 4 nitrogen and oxygen atoms in total. The van der Waals surface area contributed by atoms with Crippen LogP contribution in [0, 0.1) is 30.2 Å². The standard InChI is InChI=1S/C22H34F4N2O2/c1-14-18(23)20(25)15(21(26)19(14)24)13-30-11-9-7-5-3-2-4-6-8-10-17-22(29)16(27)12-28-17/h16-17,22,28-29H,2-13,27H2,1H3/t16-,17+,22-/m0/s1. The van der Waals surface area contributed by atoms with Gasteiger partial charge in [0.15, 0.2) is 23.3 Å². The number of rotatable bonds is 13. The van der Waals surface area contributed by atoms with Crippen LogP contribution < -0.4 is 11.1 Å². The Hall–Kier alpha value is -1.22. The molecule has 1 saturated heterocycles. The first-order chi connectivity index (χ1) is 14.3. The van der Waals surface area contributed by atoms with Crippen LogP contribution in [0.1, 0.15) is 68.9 Å². The minimum atomic E-state index is -1.38.